The van der Waals surface area contributed by atoms with Crippen LogP contribution in [0.25, 0.3) is 0 Å². The van der Waals surface area contributed by atoms with Crippen LogP contribution in [-0.4, -0.2) is 19.5 Å². The predicted molar refractivity (Wildman–Crippen MR) is 88.3 cm³/mol. The van der Waals surface area contributed by atoms with Crippen molar-refractivity contribution in [2.75, 3.05) is 4.72 Å². The van der Waals surface area contributed by atoms with Gasteiger partial charge in [-0.25, -0.2) is 13.2 Å². The van der Waals surface area contributed by atoms with E-state index in [2.05, 4.69) is 20.7 Å². The summed E-state index contributed by atoms with van der Waals surface area (Å²) in [5, 5.41) is 9.03. The summed E-state index contributed by atoms with van der Waals surface area (Å²) >= 11 is 10.9. The molecule has 0 saturated carbocycles. The summed E-state index contributed by atoms with van der Waals surface area (Å²) in [6.07, 6.45) is 0. The predicted octanol–water partition coefficient (Wildman–Crippen LogP) is 3.80. The number of carbonyl (C=O) groups is 1. The normalized spacial score (nSPS) is 11.4. The van der Waals surface area contributed by atoms with Crippen molar-refractivity contribution in [2.45, 2.75) is 4.90 Å². The van der Waals surface area contributed by atoms with Crippen molar-refractivity contribution in [2.24, 2.45) is 0 Å². The number of anilines is 1. The molecule has 0 aliphatic carbocycles. The maximum atomic E-state index is 12.2. The molecule has 1 aromatic carbocycles. The molecular formula is C11H6BrClINO5S. The molecule has 0 unspecified atom stereocenters. The first kappa shape index (κ1) is 16.6. The summed E-state index contributed by atoms with van der Waals surface area (Å²) < 4.78 is 32.2. The highest BCUT2D eigenvalue weighted by Crippen LogP contribution is 2.30. The molecule has 6 nitrogen and oxygen atoms in total. The van der Waals surface area contributed by atoms with Crippen LogP contribution >= 0.6 is 50.1 Å². The number of halogens is 3. The van der Waals surface area contributed by atoms with Gasteiger partial charge in [0, 0.05) is 9.64 Å². The van der Waals surface area contributed by atoms with Crippen LogP contribution in [0.3, 0.4) is 0 Å². The van der Waals surface area contributed by atoms with E-state index in [0.29, 0.717) is 0 Å². The van der Waals surface area contributed by atoms with E-state index in [0.717, 1.165) is 9.64 Å². The van der Waals surface area contributed by atoms with Crippen molar-refractivity contribution in [1.29, 1.82) is 0 Å². The van der Waals surface area contributed by atoms with Crippen molar-refractivity contribution >= 4 is 71.8 Å². The fourth-order valence-electron chi connectivity index (χ4n) is 1.41. The van der Waals surface area contributed by atoms with E-state index in [1.54, 1.807) is 12.1 Å². The summed E-state index contributed by atoms with van der Waals surface area (Å²) in [6.45, 7) is 0. The Balaban J connectivity index is 2.41. The second kappa shape index (κ2) is 6.15. The van der Waals surface area contributed by atoms with Crippen LogP contribution in [0.15, 0.2) is 38.2 Å². The van der Waals surface area contributed by atoms with Gasteiger partial charge in [-0.3, -0.25) is 4.72 Å². The molecule has 0 aliphatic heterocycles. The molecular weight excluding hydrogens is 500 g/mol. The topological polar surface area (TPSA) is 96.6 Å². The maximum Gasteiger partial charge on any atom is 0.371 e. The molecule has 1 heterocycles. The zero-order valence-electron chi connectivity index (χ0n) is 9.93. The van der Waals surface area contributed by atoms with E-state index in [4.69, 9.17) is 21.1 Å². The lowest BCUT2D eigenvalue weighted by molar-refractivity contribution is 0.0661. The largest absolute Gasteiger partial charge is 0.475 e. The molecule has 0 aliphatic rings. The summed E-state index contributed by atoms with van der Waals surface area (Å²) in [6, 6.07) is 5.69. The zero-order valence-corrected chi connectivity index (χ0v) is 15.2. The molecule has 0 saturated heterocycles. The number of carboxylic acids is 1. The lowest BCUT2D eigenvalue weighted by Crippen LogP contribution is -2.13. The second-order valence-corrected chi connectivity index (χ2v) is 7.81. The standard InChI is InChI=1S/C11H6BrClINO5S/c12-10-9(4-8(20-10)11(16)17)21(18,19)15-7-2-1-5(14)3-6(7)13/h1-4,15H,(H,16,17). The molecule has 0 amide bonds. The van der Waals surface area contributed by atoms with Gasteiger partial charge in [-0.15, -0.1) is 0 Å². The van der Waals surface area contributed by atoms with Gasteiger partial charge in [-0.2, -0.15) is 0 Å². The summed E-state index contributed by atoms with van der Waals surface area (Å²) in [4.78, 5) is 10.5. The molecule has 0 spiro atoms. The highest BCUT2D eigenvalue weighted by atomic mass is 127. The number of rotatable bonds is 4. The molecule has 2 N–H and O–H groups in total. The molecule has 0 radical (unpaired) electrons. The van der Waals surface area contributed by atoms with E-state index < -0.39 is 21.8 Å². The van der Waals surface area contributed by atoms with Gasteiger partial charge in [-0.1, -0.05) is 11.6 Å². The second-order valence-electron chi connectivity index (χ2n) is 3.78. The van der Waals surface area contributed by atoms with Gasteiger partial charge in [0.15, 0.2) is 4.67 Å². The van der Waals surface area contributed by atoms with Gasteiger partial charge in [0.1, 0.15) is 4.90 Å². The Labute approximate surface area is 146 Å². The van der Waals surface area contributed by atoms with E-state index in [1.807, 2.05) is 22.6 Å². The Morgan fingerprint density at radius 3 is 2.57 bits per heavy atom. The lowest BCUT2D eigenvalue weighted by Gasteiger charge is -2.08. The van der Waals surface area contributed by atoms with Crippen LogP contribution in [0, 0.1) is 3.57 Å². The Kier molecular flexibility index (Phi) is 4.85. The number of sulfonamides is 1. The van der Waals surface area contributed by atoms with E-state index in [-0.39, 0.29) is 20.3 Å². The van der Waals surface area contributed by atoms with Crippen LogP contribution in [0.5, 0.6) is 0 Å². The smallest absolute Gasteiger partial charge is 0.371 e. The van der Waals surface area contributed by atoms with Crippen LogP contribution in [0.2, 0.25) is 5.02 Å². The van der Waals surface area contributed by atoms with Gasteiger partial charge in [-0.05, 0) is 56.7 Å². The molecule has 2 aromatic rings. The molecule has 1 aromatic heterocycles. The number of hydrogen-bond acceptors (Lipinski definition) is 4. The summed E-state index contributed by atoms with van der Waals surface area (Å²) in [7, 11) is -4.03. The maximum absolute atomic E-state index is 12.2. The molecule has 0 fully saturated rings. The first-order valence-corrected chi connectivity index (χ1v) is 8.94. The molecule has 21 heavy (non-hydrogen) atoms. The number of benzene rings is 1. The third-order valence-corrected chi connectivity index (χ3v) is 5.54. The van der Waals surface area contributed by atoms with Crippen molar-refractivity contribution < 1.29 is 22.7 Å². The van der Waals surface area contributed by atoms with Crippen molar-refractivity contribution in [1.82, 2.24) is 0 Å². The van der Waals surface area contributed by atoms with Crippen LogP contribution in [0.1, 0.15) is 10.6 Å². The van der Waals surface area contributed by atoms with Gasteiger partial charge < -0.3 is 9.52 Å². The van der Waals surface area contributed by atoms with Gasteiger partial charge in [0.05, 0.1) is 10.7 Å². The third kappa shape index (κ3) is 3.71. The Morgan fingerprint density at radius 1 is 1.38 bits per heavy atom. The third-order valence-electron chi connectivity index (χ3n) is 2.33. The number of hydrogen-bond donors (Lipinski definition) is 2. The molecule has 10 heteroatoms. The molecule has 0 bridgehead atoms. The SMILES string of the molecule is O=C(O)c1cc(S(=O)(=O)Nc2ccc(I)cc2Cl)c(Br)o1. The Hall–Kier alpha value is -0.780. The highest BCUT2D eigenvalue weighted by Gasteiger charge is 2.25. The van der Waals surface area contributed by atoms with E-state index in [9.17, 15) is 13.2 Å². The number of nitrogens with one attached hydrogen (secondary N) is 1. The van der Waals surface area contributed by atoms with Crippen LogP contribution < -0.4 is 4.72 Å². The zero-order chi connectivity index (χ0) is 15.8. The quantitative estimate of drug-likeness (QED) is 0.615. The molecule has 0 atom stereocenters. The number of carboxylic acid groups (broad SMARTS) is 1. The molecule has 112 valence electrons. The average Bonchev–Trinajstić information content (AvgIpc) is 2.76. The fourth-order valence-corrected chi connectivity index (χ4v) is 4.39. The van der Waals surface area contributed by atoms with Crippen LogP contribution in [-0.2, 0) is 10.0 Å². The number of furan rings is 1. The Bertz CT molecular complexity index is 820. The van der Waals surface area contributed by atoms with E-state index in [1.165, 1.54) is 6.07 Å². The van der Waals surface area contributed by atoms with Crippen LogP contribution in [0.4, 0.5) is 5.69 Å². The fraction of sp³-hybridized carbons (Fsp3) is 0. The van der Waals surface area contributed by atoms with E-state index >= 15 is 0 Å². The van der Waals surface area contributed by atoms with Crippen molar-refractivity contribution in [3.63, 3.8) is 0 Å². The van der Waals surface area contributed by atoms with Crippen molar-refractivity contribution in [3.8, 4) is 0 Å². The average molecular weight is 506 g/mol. The number of aromatic carboxylic acids is 1. The van der Waals surface area contributed by atoms with Gasteiger partial charge in [0.2, 0.25) is 5.76 Å². The van der Waals surface area contributed by atoms with Gasteiger partial charge >= 0.3 is 5.97 Å². The first-order valence-electron chi connectivity index (χ1n) is 5.21. The highest BCUT2D eigenvalue weighted by molar-refractivity contribution is 14.1. The minimum Gasteiger partial charge on any atom is -0.475 e. The monoisotopic (exact) mass is 505 g/mol. The minimum atomic E-state index is -4.03. The minimum absolute atomic E-state index is 0.182. The lowest BCUT2D eigenvalue weighted by atomic mass is 10.3. The summed E-state index contributed by atoms with van der Waals surface area (Å²) in [5.41, 5.74) is 0.182. The van der Waals surface area contributed by atoms with Crippen molar-refractivity contribution in [3.05, 3.63) is 43.3 Å². The molecule has 2 rings (SSSR count). The Morgan fingerprint density at radius 2 is 2.05 bits per heavy atom. The summed E-state index contributed by atoms with van der Waals surface area (Å²) in [5.74, 6) is -1.86. The van der Waals surface area contributed by atoms with Gasteiger partial charge in [0.25, 0.3) is 10.0 Å². The first-order chi connectivity index (χ1) is 9.70.